The molecular formula is C24H30N6O. The molecule has 1 saturated heterocycles. The predicted octanol–water partition coefficient (Wildman–Crippen LogP) is 4.34. The van der Waals surface area contributed by atoms with E-state index in [4.69, 9.17) is 0 Å². The molecule has 3 aromatic rings. The van der Waals surface area contributed by atoms with Crippen molar-refractivity contribution in [1.29, 1.82) is 0 Å². The number of carbonyl (C=O) groups is 1. The number of hydrogen-bond donors (Lipinski definition) is 1. The fourth-order valence-electron chi connectivity index (χ4n) is 4.62. The van der Waals surface area contributed by atoms with Gasteiger partial charge in [-0.25, -0.2) is 4.98 Å². The van der Waals surface area contributed by atoms with Gasteiger partial charge in [0.15, 0.2) is 6.29 Å². The molecule has 1 aliphatic heterocycles. The average molecular weight is 419 g/mol. The lowest BCUT2D eigenvalue weighted by atomic mass is 9.82. The van der Waals surface area contributed by atoms with Crippen LogP contribution in [0.4, 0.5) is 11.5 Å². The monoisotopic (exact) mass is 418 g/mol. The van der Waals surface area contributed by atoms with Gasteiger partial charge in [0, 0.05) is 24.8 Å². The van der Waals surface area contributed by atoms with Crippen LogP contribution in [0.1, 0.15) is 54.1 Å². The first-order valence-electron chi connectivity index (χ1n) is 11.0. The second kappa shape index (κ2) is 8.88. The summed E-state index contributed by atoms with van der Waals surface area (Å²) in [5.41, 5.74) is 4.56. The van der Waals surface area contributed by atoms with Crippen molar-refractivity contribution in [3.05, 3.63) is 59.5 Å². The highest BCUT2D eigenvalue weighted by molar-refractivity contribution is 5.87. The summed E-state index contributed by atoms with van der Waals surface area (Å²) in [5.74, 6) is 0.885. The number of piperidine rings is 1. The quantitative estimate of drug-likeness (QED) is 0.575. The van der Waals surface area contributed by atoms with E-state index < -0.39 is 0 Å². The number of aromatic nitrogens is 4. The molecule has 1 aromatic carbocycles. The van der Waals surface area contributed by atoms with Crippen LogP contribution in [0.3, 0.4) is 0 Å². The molecule has 7 nitrogen and oxygen atoms in total. The Morgan fingerprint density at radius 2 is 1.90 bits per heavy atom. The van der Waals surface area contributed by atoms with E-state index in [1.807, 2.05) is 31.3 Å². The van der Waals surface area contributed by atoms with E-state index in [-0.39, 0.29) is 5.54 Å². The summed E-state index contributed by atoms with van der Waals surface area (Å²) in [6.07, 6.45) is 10.4. The van der Waals surface area contributed by atoms with Crippen LogP contribution in [-0.4, -0.2) is 44.9 Å². The molecule has 2 aromatic heterocycles. The Bertz CT molecular complexity index is 1030. The Morgan fingerprint density at radius 1 is 1.10 bits per heavy atom. The van der Waals surface area contributed by atoms with Gasteiger partial charge in [-0.05, 0) is 62.8 Å². The SMILES string of the molecule is CCC1(CNc2ccc(C)cn2)CCCCN1c1c(C)ccc(C=O)c1-n1nccn1. The van der Waals surface area contributed by atoms with Gasteiger partial charge >= 0.3 is 0 Å². The highest BCUT2D eigenvalue weighted by atomic mass is 16.1. The number of aldehydes is 1. The summed E-state index contributed by atoms with van der Waals surface area (Å²) in [7, 11) is 0. The van der Waals surface area contributed by atoms with Gasteiger partial charge < -0.3 is 10.2 Å². The summed E-state index contributed by atoms with van der Waals surface area (Å²) >= 11 is 0. The van der Waals surface area contributed by atoms with Gasteiger partial charge in [0.05, 0.1) is 23.6 Å². The van der Waals surface area contributed by atoms with Crippen molar-refractivity contribution in [1.82, 2.24) is 20.0 Å². The minimum absolute atomic E-state index is 0.0982. The first-order valence-corrected chi connectivity index (χ1v) is 11.0. The summed E-state index contributed by atoms with van der Waals surface area (Å²) in [6.45, 7) is 8.08. The summed E-state index contributed by atoms with van der Waals surface area (Å²) in [5, 5.41) is 12.3. The Balaban J connectivity index is 1.77. The molecule has 0 aliphatic carbocycles. The Morgan fingerprint density at radius 3 is 2.58 bits per heavy atom. The number of pyridine rings is 1. The van der Waals surface area contributed by atoms with Crippen LogP contribution in [0, 0.1) is 13.8 Å². The minimum atomic E-state index is -0.0982. The molecule has 0 amide bonds. The second-order valence-corrected chi connectivity index (χ2v) is 8.37. The molecule has 162 valence electrons. The number of nitrogens with zero attached hydrogens (tertiary/aromatic N) is 5. The molecule has 0 spiro atoms. The van der Waals surface area contributed by atoms with Gasteiger partial charge in [0.25, 0.3) is 0 Å². The van der Waals surface area contributed by atoms with Crippen LogP contribution >= 0.6 is 0 Å². The van der Waals surface area contributed by atoms with Crippen LogP contribution in [0.15, 0.2) is 42.9 Å². The van der Waals surface area contributed by atoms with Gasteiger partial charge in [-0.3, -0.25) is 4.79 Å². The zero-order chi connectivity index (χ0) is 21.8. The fraction of sp³-hybridized carbons (Fsp3) is 0.417. The van der Waals surface area contributed by atoms with Gasteiger partial charge in [0.2, 0.25) is 0 Å². The molecule has 0 saturated carbocycles. The van der Waals surface area contributed by atoms with E-state index >= 15 is 0 Å². The predicted molar refractivity (Wildman–Crippen MR) is 123 cm³/mol. The number of benzene rings is 1. The number of rotatable bonds is 7. The van der Waals surface area contributed by atoms with E-state index in [9.17, 15) is 4.79 Å². The van der Waals surface area contributed by atoms with Crippen molar-refractivity contribution < 1.29 is 4.79 Å². The van der Waals surface area contributed by atoms with E-state index in [2.05, 4.69) is 45.3 Å². The molecule has 1 fully saturated rings. The Labute approximate surface area is 183 Å². The van der Waals surface area contributed by atoms with Crippen LogP contribution in [0.25, 0.3) is 5.69 Å². The molecule has 3 heterocycles. The fourth-order valence-corrected chi connectivity index (χ4v) is 4.62. The third kappa shape index (κ3) is 4.04. The lowest BCUT2D eigenvalue weighted by molar-refractivity contribution is 0.112. The number of anilines is 2. The van der Waals surface area contributed by atoms with Gasteiger partial charge in [-0.15, -0.1) is 4.80 Å². The van der Waals surface area contributed by atoms with Crippen molar-refractivity contribution >= 4 is 17.8 Å². The second-order valence-electron chi connectivity index (χ2n) is 8.37. The average Bonchev–Trinajstić information content (AvgIpc) is 3.33. The molecule has 1 atom stereocenters. The highest BCUT2D eigenvalue weighted by Crippen LogP contribution is 2.41. The summed E-state index contributed by atoms with van der Waals surface area (Å²) in [4.78, 5) is 20.5. The van der Waals surface area contributed by atoms with E-state index in [0.717, 1.165) is 67.0 Å². The molecule has 31 heavy (non-hydrogen) atoms. The maximum absolute atomic E-state index is 11.9. The molecule has 4 rings (SSSR count). The third-order valence-electron chi connectivity index (χ3n) is 6.41. The minimum Gasteiger partial charge on any atom is -0.368 e. The maximum Gasteiger partial charge on any atom is 0.152 e. The van der Waals surface area contributed by atoms with Crippen LogP contribution < -0.4 is 10.2 Å². The first kappa shape index (κ1) is 21.0. The highest BCUT2D eigenvalue weighted by Gasteiger charge is 2.39. The molecular weight excluding hydrogens is 388 g/mol. The van der Waals surface area contributed by atoms with Crippen LogP contribution in [0.2, 0.25) is 0 Å². The number of hydrogen-bond acceptors (Lipinski definition) is 6. The van der Waals surface area contributed by atoms with Crippen molar-refractivity contribution in [3.63, 3.8) is 0 Å². The molecule has 7 heteroatoms. The number of nitrogens with one attached hydrogen (secondary N) is 1. The zero-order valence-electron chi connectivity index (χ0n) is 18.5. The molecule has 0 radical (unpaired) electrons. The molecule has 1 unspecified atom stereocenters. The van der Waals surface area contributed by atoms with Crippen molar-refractivity contribution in [2.75, 3.05) is 23.3 Å². The zero-order valence-corrected chi connectivity index (χ0v) is 18.5. The molecule has 1 N–H and O–H groups in total. The smallest absolute Gasteiger partial charge is 0.152 e. The van der Waals surface area contributed by atoms with Gasteiger partial charge in [-0.2, -0.15) is 10.2 Å². The molecule has 1 aliphatic rings. The van der Waals surface area contributed by atoms with E-state index in [1.54, 1.807) is 17.2 Å². The summed E-state index contributed by atoms with van der Waals surface area (Å²) in [6, 6.07) is 7.99. The number of carbonyl (C=O) groups excluding carboxylic acids is 1. The van der Waals surface area contributed by atoms with Gasteiger partial charge in [-0.1, -0.05) is 19.1 Å². The largest absolute Gasteiger partial charge is 0.368 e. The topological polar surface area (TPSA) is 75.9 Å². The van der Waals surface area contributed by atoms with Crippen molar-refractivity contribution in [2.24, 2.45) is 0 Å². The third-order valence-corrected chi connectivity index (χ3v) is 6.41. The number of aryl methyl sites for hydroxylation is 2. The lowest BCUT2D eigenvalue weighted by Gasteiger charge is -2.49. The van der Waals surface area contributed by atoms with E-state index in [1.165, 1.54) is 6.42 Å². The Kier molecular flexibility index (Phi) is 6.02. The van der Waals surface area contributed by atoms with Crippen LogP contribution in [0.5, 0.6) is 0 Å². The Hall–Kier alpha value is -3.22. The van der Waals surface area contributed by atoms with Gasteiger partial charge in [0.1, 0.15) is 11.5 Å². The maximum atomic E-state index is 11.9. The van der Waals surface area contributed by atoms with Crippen molar-refractivity contribution in [3.8, 4) is 5.69 Å². The standard InChI is InChI=1S/C24H30N6O/c1-4-24(17-26-21-10-7-18(2)15-25-21)11-5-6-14-29(24)22-19(3)8-9-20(16-31)23(22)30-27-12-13-28-30/h7-10,12-13,15-16H,4-6,11,14,17H2,1-3H3,(H,25,26). The normalized spacial score (nSPS) is 18.7. The first-order chi connectivity index (χ1) is 15.1. The summed E-state index contributed by atoms with van der Waals surface area (Å²) < 4.78 is 0. The molecule has 0 bridgehead atoms. The lowest BCUT2D eigenvalue weighted by Crippen LogP contribution is -2.56. The van der Waals surface area contributed by atoms with Crippen LogP contribution in [-0.2, 0) is 0 Å². The van der Waals surface area contributed by atoms with Crippen molar-refractivity contribution in [2.45, 2.75) is 52.0 Å². The van der Waals surface area contributed by atoms with E-state index in [0.29, 0.717) is 5.56 Å².